The first-order chi connectivity index (χ1) is 8.56. The van der Waals surface area contributed by atoms with Crippen molar-refractivity contribution in [2.24, 2.45) is 0 Å². The van der Waals surface area contributed by atoms with Gasteiger partial charge in [-0.15, -0.1) is 0 Å². The van der Waals surface area contributed by atoms with E-state index in [4.69, 9.17) is 16.2 Å². The van der Waals surface area contributed by atoms with Crippen molar-refractivity contribution in [3.63, 3.8) is 0 Å². The van der Waals surface area contributed by atoms with E-state index in [9.17, 15) is 4.79 Å². The van der Waals surface area contributed by atoms with Crippen molar-refractivity contribution in [3.05, 3.63) is 23.8 Å². The molecule has 0 aliphatic carbocycles. The maximum absolute atomic E-state index is 12.0. The van der Waals surface area contributed by atoms with Crippen LogP contribution in [0.1, 0.15) is 23.2 Å². The third-order valence-corrected chi connectivity index (χ3v) is 3.23. The van der Waals surface area contributed by atoms with Crippen LogP contribution in [0.4, 0.5) is 11.4 Å². The van der Waals surface area contributed by atoms with Crippen molar-refractivity contribution >= 4 is 17.3 Å². The lowest BCUT2D eigenvalue weighted by Crippen LogP contribution is -2.35. The van der Waals surface area contributed by atoms with Crippen molar-refractivity contribution < 1.29 is 9.53 Å². The van der Waals surface area contributed by atoms with E-state index < -0.39 is 0 Å². The zero-order valence-electron chi connectivity index (χ0n) is 10.6. The van der Waals surface area contributed by atoms with Crippen LogP contribution in [0.2, 0.25) is 0 Å². The summed E-state index contributed by atoms with van der Waals surface area (Å²) < 4.78 is 5.46. The second-order valence-electron chi connectivity index (χ2n) is 4.75. The lowest BCUT2D eigenvalue weighted by molar-refractivity contribution is 0.0140. The number of hydrogen-bond donors (Lipinski definition) is 2. The highest BCUT2D eigenvalue weighted by atomic mass is 16.5. The number of nitrogen functional groups attached to an aromatic ring is 2. The number of benzene rings is 1. The normalized spacial score (nSPS) is 17.6. The average Bonchev–Trinajstić information content (AvgIpc) is 2.32. The smallest absolute Gasteiger partial charge is 0.340 e. The Hall–Kier alpha value is -1.75. The summed E-state index contributed by atoms with van der Waals surface area (Å²) >= 11 is 0. The summed E-state index contributed by atoms with van der Waals surface area (Å²) in [5, 5.41) is 0. The number of carbonyl (C=O) groups excluding carboxylic acids is 1. The molecule has 98 valence electrons. The SMILES string of the molecule is CN1CCC(OC(=O)c2ccc(N)cc2N)CC1. The number of nitrogens with two attached hydrogens (primary N) is 2. The number of nitrogens with zero attached hydrogens (tertiary/aromatic N) is 1. The summed E-state index contributed by atoms with van der Waals surface area (Å²) in [5.74, 6) is -0.359. The van der Waals surface area contributed by atoms with Crippen LogP contribution in [0.5, 0.6) is 0 Å². The number of rotatable bonds is 2. The Morgan fingerprint density at radius 3 is 2.61 bits per heavy atom. The van der Waals surface area contributed by atoms with Gasteiger partial charge in [0, 0.05) is 24.5 Å². The van der Waals surface area contributed by atoms with E-state index in [0.717, 1.165) is 25.9 Å². The predicted octanol–water partition coefficient (Wildman–Crippen LogP) is 1.10. The van der Waals surface area contributed by atoms with Gasteiger partial charge >= 0.3 is 5.97 Å². The zero-order chi connectivity index (χ0) is 13.1. The fourth-order valence-electron chi connectivity index (χ4n) is 2.08. The van der Waals surface area contributed by atoms with E-state index in [2.05, 4.69) is 11.9 Å². The highest BCUT2D eigenvalue weighted by Gasteiger charge is 2.21. The van der Waals surface area contributed by atoms with Crippen molar-refractivity contribution in [3.8, 4) is 0 Å². The van der Waals surface area contributed by atoms with Crippen LogP contribution in [-0.4, -0.2) is 37.1 Å². The Balaban J connectivity index is 1.99. The van der Waals surface area contributed by atoms with Gasteiger partial charge in [-0.05, 0) is 38.1 Å². The van der Waals surface area contributed by atoms with Crippen LogP contribution in [0.25, 0.3) is 0 Å². The van der Waals surface area contributed by atoms with Gasteiger partial charge in [-0.2, -0.15) is 0 Å². The van der Waals surface area contributed by atoms with Crippen LogP contribution in [-0.2, 0) is 4.74 Å². The first kappa shape index (κ1) is 12.7. The van der Waals surface area contributed by atoms with Crippen molar-refractivity contribution in [1.82, 2.24) is 4.90 Å². The quantitative estimate of drug-likeness (QED) is 0.606. The van der Waals surface area contributed by atoms with E-state index in [0.29, 0.717) is 16.9 Å². The molecule has 1 heterocycles. The molecule has 0 spiro atoms. The monoisotopic (exact) mass is 249 g/mol. The Morgan fingerprint density at radius 2 is 2.00 bits per heavy atom. The molecule has 0 radical (unpaired) electrons. The first-order valence-corrected chi connectivity index (χ1v) is 6.11. The van der Waals surface area contributed by atoms with Crippen LogP contribution < -0.4 is 11.5 Å². The number of piperidine rings is 1. The van der Waals surface area contributed by atoms with Crippen LogP contribution in [0.15, 0.2) is 18.2 Å². The summed E-state index contributed by atoms with van der Waals surface area (Å²) in [7, 11) is 2.07. The fourth-order valence-corrected chi connectivity index (χ4v) is 2.08. The molecule has 0 aromatic heterocycles. The molecule has 1 aliphatic heterocycles. The third kappa shape index (κ3) is 2.92. The summed E-state index contributed by atoms with van der Waals surface area (Å²) in [6, 6.07) is 4.84. The minimum absolute atomic E-state index is 0.00865. The largest absolute Gasteiger partial charge is 0.459 e. The lowest BCUT2D eigenvalue weighted by Gasteiger charge is -2.28. The molecule has 18 heavy (non-hydrogen) atoms. The molecule has 0 saturated carbocycles. The molecule has 4 N–H and O–H groups in total. The second kappa shape index (κ2) is 5.27. The topological polar surface area (TPSA) is 81.6 Å². The molecule has 1 aliphatic rings. The summed E-state index contributed by atoms with van der Waals surface area (Å²) in [6.07, 6.45) is 1.74. The molecule has 0 amide bonds. The number of ether oxygens (including phenoxy) is 1. The van der Waals surface area contributed by atoms with Gasteiger partial charge in [-0.1, -0.05) is 0 Å². The van der Waals surface area contributed by atoms with E-state index in [1.807, 2.05) is 0 Å². The van der Waals surface area contributed by atoms with Crippen molar-refractivity contribution in [2.75, 3.05) is 31.6 Å². The minimum atomic E-state index is -0.359. The Bertz CT molecular complexity index is 440. The molecule has 0 atom stereocenters. The molecule has 2 rings (SSSR count). The van der Waals surface area contributed by atoms with Gasteiger partial charge in [0.1, 0.15) is 6.10 Å². The minimum Gasteiger partial charge on any atom is -0.459 e. The second-order valence-corrected chi connectivity index (χ2v) is 4.75. The Kier molecular flexibility index (Phi) is 3.72. The molecule has 5 heteroatoms. The van der Waals surface area contributed by atoms with Gasteiger partial charge in [0.05, 0.1) is 5.56 Å². The van der Waals surface area contributed by atoms with Gasteiger partial charge in [0.15, 0.2) is 0 Å². The standard InChI is InChI=1S/C13H19N3O2/c1-16-6-4-10(5-7-16)18-13(17)11-3-2-9(14)8-12(11)15/h2-3,8,10H,4-7,14-15H2,1H3. The van der Waals surface area contributed by atoms with Gasteiger partial charge in [-0.25, -0.2) is 4.79 Å². The maximum atomic E-state index is 12.0. The number of likely N-dealkylation sites (tertiary alicyclic amines) is 1. The van der Waals surface area contributed by atoms with Gasteiger partial charge in [0.25, 0.3) is 0 Å². The summed E-state index contributed by atoms with van der Waals surface area (Å²) in [4.78, 5) is 14.2. The first-order valence-electron chi connectivity index (χ1n) is 6.11. The van der Waals surface area contributed by atoms with E-state index in [1.165, 1.54) is 0 Å². The van der Waals surface area contributed by atoms with Crippen LogP contribution in [0, 0.1) is 0 Å². The van der Waals surface area contributed by atoms with Crippen molar-refractivity contribution in [2.45, 2.75) is 18.9 Å². The van der Waals surface area contributed by atoms with Crippen LogP contribution >= 0.6 is 0 Å². The molecule has 1 aromatic rings. The molecule has 0 unspecified atom stereocenters. The molecular weight excluding hydrogens is 230 g/mol. The van der Waals surface area contributed by atoms with Crippen LogP contribution in [0.3, 0.4) is 0 Å². The van der Waals surface area contributed by atoms with Crippen molar-refractivity contribution in [1.29, 1.82) is 0 Å². The van der Waals surface area contributed by atoms with E-state index >= 15 is 0 Å². The fraction of sp³-hybridized carbons (Fsp3) is 0.462. The lowest BCUT2D eigenvalue weighted by atomic mass is 10.1. The van der Waals surface area contributed by atoms with E-state index in [-0.39, 0.29) is 12.1 Å². The zero-order valence-corrected chi connectivity index (χ0v) is 10.6. The number of esters is 1. The number of anilines is 2. The van der Waals surface area contributed by atoms with Gasteiger partial charge in [0.2, 0.25) is 0 Å². The summed E-state index contributed by atoms with van der Waals surface area (Å²) in [5.41, 5.74) is 12.7. The Labute approximate surface area is 107 Å². The Morgan fingerprint density at radius 1 is 1.33 bits per heavy atom. The molecule has 1 fully saturated rings. The molecule has 0 bridgehead atoms. The molecule has 5 nitrogen and oxygen atoms in total. The molecule has 1 saturated heterocycles. The molecular formula is C13H19N3O2. The third-order valence-electron chi connectivity index (χ3n) is 3.23. The number of hydrogen-bond acceptors (Lipinski definition) is 5. The predicted molar refractivity (Wildman–Crippen MR) is 71.2 cm³/mol. The average molecular weight is 249 g/mol. The molecule has 1 aromatic carbocycles. The highest BCUT2D eigenvalue weighted by molar-refractivity contribution is 5.95. The van der Waals surface area contributed by atoms with E-state index in [1.54, 1.807) is 18.2 Å². The van der Waals surface area contributed by atoms with Gasteiger partial charge in [-0.3, -0.25) is 0 Å². The highest BCUT2D eigenvalue weighted by Crippen LogP contribution is 2.19. The number of carbonyl (C=O) groups is 1. The van der Waals surface area contributed by atoms with Gasteiger partial charge < -0.3 is 21.1 Å². The summed E-state index contributed by atoms with van der Waals surface area (Å²) in [6.45, 7) is 1.91. The maximum Gasteiger partial charge on any atom is 0.340 e.